The fourth-order valence-electron chi connectivity index (χ4n) is 1.97. The number of anilines is 1. The van der Waals surface area contributed by atoms with Gasteiger partial charge in [0.25, 0.3) is 0 Å². The van der Waals surface area contributed by atoms with Crippen molar-refractivity contribution in [3.63, 3.8) is 0 Å². The van der Waals surface area contributed by atoms with E-state index in [2.05, 4.69) is 16.4 Å². The summed E-state index contributed by atoms with van der Waals surface area (Å²) in [5.74, 6) is -0.365. The molecule has 0 unspecified atom stereocenters. The number of carboxylic acids is 1. The predicted octanol–water partition coefficient (Wildman–Crippen LogP) is 2.69. The van der Waals surface area contributed by atoms with Crippen molar-refractivity contribution in [1.82, 2.24) is 4.98 Å². The first-order valence-electron chi connectivity index (χ1n) is 5.88. The van der Waals surface area contributed by atoms with Crippen LogP contribution in [0.3, 0.4) is 0 Å². The molecule has 0 aliphatic heterocycles. The van der Waals surface area contributed by atoms with Crippen LogP contribution in [0.1, 0.15) is 36.2 Å². The molecule has 0 atom stereocenters. The van der Waals surface area contributed by atoms with Crippen molar-refractivity contribution in [2.24, 2.45) is 0 Å². The number of aromatic nitrogens is 1. The molecule has 4 nitrogen and oxygen atoms in total. The van der Waals surface area contributed by atoms with Gasteiger partial charge in [-0.3, -0.25) is 0 Å². The molecule has 0 radical (unpaired) electrons. The zero-order valence-corrected chi connectivity index (χ0v) is 9.65. The molecule has 1 aromatic heterocycles. The van der Waals surface area contributed by atoms with Crippen molar-refractivity contribution in [3.8, 4) is 0 Å². The Kier molecular flexibility index (Phi) is 3.75. The molecular weight excluding hydrogens is 216 g/mol. The van der Waals surface area contributed by atoms with E-state index in [4.69, 9.17) is 5.11 Å². The van der Waals surface area contributed by atoms with Gasteiger partial charge in [0.2, 0.25) is 0 Å². The zero-order valence-electron chi connectivity index (χ0n) is 9.65. The van der Waals surface area contributed by atoms with Gasteiger partial charge in [-0.25, -0.2) is 9.78 Å². The first kappa shape index (κ1) is 11.6. The van der Waals surface area contributed by atoms with E-state index in [0.717, 1.165) is 13.0 Å². The molecule has 0 aromatic carbocycles. The second-order valence-corrected chi connectivity index (χ2v) is 4.14. The molecule has 17 heavy (non-hydrogen) atoms. The molecule has 1 aliphatic rings. The predicted molar refractivity (Wildman–Crippen MR) is 66.2 cm³/mol. The number of nitrogens with zero attached hydrogens (tertiary/aromatic N) is 1. The van der Waals surface area contributed by atoms with Crippen molar-refractivity contribution >= 4 is 11.8 Å². The minimum atomic E-state index is -0.993. The standard InChI is InChI=1S/C13H16N2O2/c16-13(17)11-6-3-7-12(15-11)14-9-8-10-4-1-2-5-10/h3-4,6-7H,1-2,5,8-9H2,(H,14,15)(H,16,17). The number of hydrogen-bond donors (Lipinski definition) is 2. The average molecular weight is 232 g/mol. The SMILES string of the molecule is O=C(O)c1cccc(NCCC2=CCCC2)n1. The van der Waals surface area contributed by atoms with Crippen LogP contribution in [0.4, 0.5) is 5.82 Å². The van der Waals surface area contributed by atoms with Gasteiger partial charge in [-0.15, -0.1) is 0 Å². The quantitative estimate of drug-likeness (QED) is 0.766. The minimum Gasteiger partial charge on any atom is -0.477 e. The molecule has 0 bridgehead atoms. The number of carbonyl (C=O) groups is 1. The summed E-state index contributed by atoms with van der Waals surface area (Å²) in [6.45, 7) is 0.807. The highest BCUT2D eigenvalue weighted by Gasteiger charge is 2.06. The molecule has 0 fully saturated rings. The highest BCUT2D eigenvalue weighted by molar-refractivity contribution is 5.85. The van der Waals surface area contributed by atoms with Crippen molar-refractivity contribution in [1.29, 1.82) is 0 Å². The van der Waals surface area contributed by atoms with Gasteiger partial charge in [-0.05, 0) is 37.8 Å². The van der Waals surface area contributed by atoms with Crippen LogP contribution < -0.4 is 5.32 Å². The number of allylic oxidation sites excluding steroid dienone is 1. The van der Waals surface area contributed by atoms with E-state index >= 15 is 0 Å². The summed E-state index contributed by atoms with van der Waals surface area (Å²) in [6.07, 6.45) is 6.97. The molecule has 4 heteroatoms. The normalized spacial score (nSPS) is 14.5. The van der Waals surface area contributed by atoms with Gasteiger partial charge in [-0.2, -0.15) is 0 Å². The lowest BCUT2D eigenvalue weighted by Crippen LogP contribution is -2.07. The summed E-state index contributed by atoms with van der Waals surface area (Å²) >= 11 is 0. The number of pyridine rings is 1. The Hall–Kier alpha value is -1.84. The molecule has 0 saturated carbocycles. The summed E-state index contributed by atoms with van der Waals surface area (Å²) in [4.78, 5) is 14.7. The van der Waals surface area contributed by atoms with Gasteiger partial charge < -0.3 is 10.4 Å². The summed E-state index contributed by atoms with van der Waals surface area (Å²) in [5, 5.41) is 12.0. The molecule has 0 amide bonds. The smallest absolute Gasteiger partial charge is 0.354 e. The molecule has 90 valence electrons. The maximum Gasteiger partial charge on any atom is 0.354 e. The third kappa shape index (κ3) is 3.31. The highest BCUT2D eigenvalue weighted by atomic mass is 16.4. The van der Waals surface area contributed by atoms with Crippen LogP contribution in [-0.4, -0.2) is 22.6 Å². The fraction of sp³-hybridized carbons (Fsp3) is 0.385. The summed E-state index contributed by atoms with van der Waals surface area (Å²) < 4.78 is 0. The molecule has 1 heterocycles. The zero-order chi connectivity index (χ0) is 12.1. The Morgan fingerprint density at radius 2 is 2.35 bits per heavy atom. The number of hydrogen-bond acceptors (Lipinski definition) is 3. The van der Waals surface area contributed by atoms with Crippen LogP contribution in [0.25, 0.3) is 0 Å². The second kappa shape index (κ2) is 5.48. The summed E-state index contributed by atoms with van der Waals surface area (Å²) in [6, 6.07) is 4.98. The van der Waals surface area contributed by atoms with E-state index in [1.165, 1.54) is 30.9 Å². The van der Waals surface area contributed by atoms with Crippen molar-refractivity contribution in [2.45, 2.75) is 25.7 Å². The van der Waals surface area contributed by atoms with Gasteiger partial charge in [0, 0.05) is 6.54 Å². The Morgan fingerprint density at radius 3 is 3.06 bits per heavy atom. The lowest BCUT2D eigenvalue weighted by atomic mass is 10.2. The van der Waals surface area contributed by atoms with Crippen LogP contribution >= 0.6 is 0 Å². The third-order valence-electron chi connectivity index (χ3n) is 2.86. The number of rotatable bonds is 5. The van der Waals surface area contributed by atoms with Crippen LogP contribution in [0.2, 0.25) is 0 Å². The van der Waals surface area contributed by atoms with Crippen LogP contribution in [0, 0.1) is 0 Å². The average Bonchev–Trinajstić information content (AvgIpc) is 2.82. The monoisotopic (exact) mass is 232 g/mol. The lowest BCUT2D eigenvalue weighted by Gasteiger charge is -2.06. The first-order chi connectivity index (χ1) is 8.25. The largest absolute Gasteiger partial charge is 0.477 e. The summed E-state index contributed by atoms with van der Waals surface area (Å²) in [5.41, 5.74) is 1.57. The molecule has 2 N–H and O–H groups in total. The fourth-order valence-corrected chi connectivity index (χ4v) is 1.97. The van der Waals surface area contributed by atoms with E-state index in [1.807, 2.05) is 0 Å². The molecule has 2 rings (SSSR count). The van der Waals surface area contributed by atoms with Gasteiger partial charge in [0.05, 0.1) is 0 Å². The van der Waals surface area contributed by atoms with Gasteiger partial charge in [0.1, 0.15) is 5.82 Å². The number of nitrogens with one attached hydrogen (secondary N) is 1. The second-order valence-electron chi connectivity index (χ2n) is 4.14. The number of carboxylic acid groups (broad SMARTS) is 1. The summed E-state index contributed by atoms with van der Waals surface area (Å²) in [7, 11) is 0. The van der Waals surface area contributed by atoms with Crippen molar-refractivity contribution in [3.05, 3.63) is 35.5 Å². The van der Waals surface area contributed by atoms with E-state index in [0.29, 0.717) is 5.82 Å². The maximum absolute atomic E-state index is 10.7. The number of aromatic carboxylic acids is 1. The van der Waals surface area contributed by atoms with Crippen LogP contribution in [0.15, 0.2) is 29.8 Å². The van der Waals surface area contributed by atoms with Crippen LogP contribution in [-0.2, 0) is 0 Å². The first-order valence-corrected chi connectivity index (χ1v) is 5.88. The lowest BCUT2D eigenvalue weighted by molar-refractivity contribution is 0.0690. The molecule has 0 saturated heterocycles. The van der Waals surface area contributed by atoms with Crippen LogP contribution in [0.5, 0.6) is 0 Å². The molecule has 0 spiro atoms. The van der Waals surface area contributed by atoms with Gasteiger partial charge in [0.15, 0.2) is 5.69 Å². The minimum absolute atomic E-state index is 0.0788. The van der Waals surface area contributed by atoms with Crippen molar-refractivity contribution < 1.29 is 9.90 Å². The molecule has 1 aromatic rings. The molecule has 1 aliphatic carbocycles. The Morgan fingerprint density at radius 1 is 1.47 bits per heavy atom. The Labute approximate surface area is 100 Å². The van der Waals surface area contributed by atoms with Gasteiger partial charge in [-0.1, -0.05) is 17.7 Å². The Bertz CT molecular complexity index is 441. The maximum atomic E-state index is 10.7. The topological polar surface area (TPSA) is 62.2 Å². The van der Waals surface area contributed by atoms with E-state index in [9.17, 15) is 4.79 Å². The van der Waals surface area contributed by atoms with E-state index < -0.39 is 5.97 Å². The van der Waals surface area contributed by atoms with Gasteiger partial charge >= 0.3 is 5.97 Å². The highest BCUT2D eigenvalue weighted by Crippen LogP contribution is 2.20. The third-order valence-corrected chi connectivity index (χ3v) is 2.86. The molecular formula is C13H16N2O2. The Balaban J connectivity index is 1.86. The van der Waals surface area contributed by atoms with Crippen molar-refractivity contribution in [2.75, 3.05) is 11.9 Å². The van der Waals surface area contributed by atoms with E-state index in [1.54, 1.807) is 12.1 Å². The van der Waals surface area contributed by atoms with E-state index in [-0.39, 0.29) is 5.69 Å².